The summed E-state index contributed by atoms with van der Waals surface area (Å²) in [7, 11) is 3.85. The van der Waals surface area contributed by atoms with Crippen molar-refractivity contribution in [2.75, 3.05) is 33.9 Å². The number of benzene rings is 1. The molecule has 130 valence electrons. The van der Waals surface area contributed by atoms with E-state index in [1.54, 1.807) is 12.1 Å². The monoisotopic (exact) mass is 334 g/mol. The molecule has 2 fully saturated rings. The van der Waals surface area contributed by atoms with Gasteiger partial charge in [-0.15, -0.1) is 0 Å². The van der Waals surface area contributed by atoms with Gasteiger partial charge in [-0.2, -0.15) is 0 Å². The van der Waals surface area contributed by atoms with Gasteiger partial charge in [0.2, 0.25) is 0 Å². The van der Waals surface area contributed by atoms with Crippen LogP contribution >= 0.6 is 0 Å². The predicted molar refractivity (Wildman–Crippen MR) is 87.6 cm³/mol. The first kappa shape index (κ1) is 16.9. The van der Waals surface area contributed by atoms with Crippen LogP contribution in [-0.2, 0) is 11.3 Å². The fourth-order valence-electron chi connectivity index (χ4n) is 3.34. The van der Waals surface area contributed by atoms with E-state index >= 15 is 0 Å². The number of hydrogen-bond donors (Lipinski definition) is 1. The Balaban J connectivity index is 1.63. The third kappa shape index (κ3) is 3.27. The molecule has 0 atom stereocenters. The molecule has 2 aliphatic rings. The molecule has 0 unspecified atom stereocenters. The summed E-state index contributed by atoms with van der Waals surface area (Å²) in [6.45, 7) is 2.35. The largest absolute Gasteiger partial charge is 0.326 e. The van der Waals surface area contributed by atoms with E-state index in [4.69, 9.17) is 0 Å². The highest BCUT2D eigenvalue weighted by Crippen LogP contribution is 2.29. The van der Waals surface area contributed by atoms with Gasteiger partial charge in [0.25, 0.3) is 5.91 Å². The molecule has 1 N–H and O–H groups in total. The normalized spacial score (nSPS) is 20.9. The summed E-state index contributed by atoms with van der Waals surface area (Å²) in [6, 6.07) is 5.90. The highest BCUT2D eigenvalue weighted by molar-refractivity contribution is 6.07. The number of likely N-dealkylation sites (tertiary alicyclic amines) is 1. The summed E-state index contributed by atoms with van der Waals surface area (Å²) >= 11 is 0. The molecule has 6 nitrogen and oxygen atoms in total. The molecular weight excluding hydrogens is 311 g/mol. The summed E-state index contributed by atoms with van der Waals surface area (Å²) in [4.78, 5) is 30.4. The molecule has 2 aliphatic heterocycles. The summed E-state index contributed by atoms with van der Waals surface area (Å²) in [5, 5.41) is 2.90. The van der Waals surface area contributed by atoms with Crippen molar-refractivity contribution in [2.45, 2.75) is 24.9 Å². The van der Waals surface area contributed by atoms with E-state index in [-0.39, 0.29) is 24.4 Å². The van der Waals surface area contributed by atoms with Gasteiger partial charge in [-0.1, -0.05) is 12.1 Å². The van der Waals surface area contributed by atoms with Gasteiger partial charge in [-0.05, 0) is 44.6 Å². The lowest BCUT2D eigenvalue weighted by Gasteiger charge is -2.35. The number of piperidine rings is 1. The Morgan fingerprint density at radius 2 is 1.83 bits per heavy atom. The summed E-state index contributed by atoms with van der Waals surface area (Å²) in [5.41, 5.74) is 0.195. The number of hydrogen-bond acceptors (Lipinski definition) is 4. The fourth-order valence-corrected chi connectivity index (χ4v) is 3.34. The van der Waals surface area contributed by atoms with Crippen LogP contribution in [0.1, 0.15) is 18.4 Å². The molecule has 2 heterocycles. The van der Waals surface area contributed by atoms with Crippen LogP contribution in [0, 0.1) is 5.82 Å². The summed E-state index contributed by atoms with van der Waals surface area (Å²) < 4.78 is 13.0. The first-order chi connectivity index (χ1) is 11.4. The number of imide groups is 1. The van der Waals surface area contributed by atoms with Crippen LogP contribution in [0.5, 0.6) is 0 Å². The zero-order valence-corrected chi connectivity index (χ0v) is 14.1. The Morgan fingerprint density at radius 3 is 2.46 bits per heavy atom. The zero-order valence-electron chi connectivity index (χ0n) is 14.1. The van der Waals surface area contributed by atoms with Gasteiger partial charge >= 0.3 is 6.03 Å². The minimum Gasteiger partial charge on any atom is -0.323 e. The van der Waals surface area contributed by atoms with Crippen LogP contribution < -0.4 is 5.32 Å². The number of rotatable bonds is 4. The molecular formula is C17H23FN4O2. The maximum Gasteiger partial charge on any atom is 0.326 e. The van der Waals surface area contributed by atoms with Gasteiger partial charge in [-0.25, -0.2) is 14.1 Å². The average Bonchev–Trinajstić information content (AvgIpc) is 2.77. The van der Waals surface area contributed by atoms with Crippen molar-refractivity contribution in [3.8, 4) is 0 Å². The van der Waals surface area contributed by atoms with Gasteiger partial charge in [0.15, 0.2) is 0 Å². The van der Waals surface area contributed by atoms with Gasteiger partial charge in [0.05, 0.1) is 6.67 Å². The van der Waals surface area contributed by atoms with Crippen LogP contribution in [0.2, 0.25) is 0 Å². The van der Waals surface area contributed by atoms with Crippen molar-refractivity contribution in [3.05, 3.63) is 35.6 Å². The molecule has 0 aliphatic carbocycles. The zero-order chi connectivity index (χ0) is 17.3. The SMILES string of the molecule is CN1CCC2(CC1)NC(=O)N(CN(C)Cc1ccc(F)cc1)C2=O. The summed E-state index contributed by atoms with van der Waals surface area (Å²) in [5.74, 6) is -0.411. The van der Waals surface area contributed by atoms with Crippen LogP contribution in [-0.4, -0.2) is 66.0 Å². The van der Waals surface area contributed by atoms with E-state index < -0.39 is 5.54 Å². The predicted octanol–water partition coefficient (Wildman–Crippen LogP) is 1.23. The van der Waals surface area contributed by atoms with Crippen molar-refractivity contribution in [3.63, 3.8) is 0 Å². The fraction of sp³-hybridized carbons (Fsp3) is 0.529. The van der Waals surface area contributed by atoms with Crippen molar-refractivity contribution >= 4 is 11.9 Å². The van der Waals surface area contributed by atoms with Crippen LogP contribution in [0.3, 0.4) is 0 Å². The molecule has 2 saturated heterocycles. The molecule has 0 bridgehead atoms. The number of carbonyl (C=O) groups excluding carboxylic acids is 2. The molecule has 0 radical (unpaired) electrons. The molecule has 3 rings (SSSR count). The van der Waals surface area contributed by atoms with E-state index in [1.807, 2.05) is 19.0 Å². The minimum absolute atomic E-state index is 0.133. The molecule has 3 amide bonds. The quantitative estimate of drug-likeness (QED) is 0.842. The molecule has 7 heteroatoms. The van der Waals surface area contributed by atoms with E-state index in [0.29, 0.717) is 19.4 Å². The maximum atomic E-state index is 13.0. The third-order valence-corrected chi connectivity index (χ3v) is 4.84. The number of nitrogens with one attached hydrogen (secondary N) is 1. The number of nitrogens with zero attached hydrogens (tertiary/aromatic N) is 3. The average molecular weight is 334 g/mol. The first-order valence-corrected chi connectivity index (χ1v) is 8.15. The Kier molecular flexibility index (Phi) is 4.56. The number of halogens is 1. The highest BCUT2D eigenvalue weighted by atomic mass is 19.1. The second-order valence-corrected chi connectivity index (χ2v) is 6.83. The highest BCUT2D eigenvalue weighted by Gasteiger charge is 2.52. The lowest BCUT2D eigenvalue weighted by Crippen LogP contribution is -2.54. The van der Waals surface area contributed by atoms with Crippen molar-refractivity contribution < 1.29 is 14.0 Å². The molecule has 0 aromatic heterocycles. The number of carbonyl (C=O) groups is 2. The smallest absolute Gasteiger partial charge is 0.323 e. The van der Waals surface area contributed by atoms with E-state index in [9.17, 15) is 14.0 Å². The van der Waals surface area contributed by atoms with Crippen molar-refractivity contribution in [2.24, 2.45) is 0 Å². The lowest BCUT2D eigenvalue weighted by molar-refractivity contribution is -0.134. The van der Waals surface area contributed by atoms with Gasteiger partial charge in [0.1, 0.15) is 11.4 Å². The van der Waals surface area contributed by atoms with Gasteiger partial charge in [-0.3, -0.25) is 9.69 Å². The topological polar surface area (TPSA) is 55.9 Å². The lowest BCUT2D eigenvalue weighted by atomic mass is 9.88. The van der Waals surface area contributed by atoms with Crippen LogP contribution in [0.25, 0.3) is 0 Å². The van der Waals surface area contributed by atoms with Gasteiger partial charge < -0.3 is 10.2 Å². The maximum absolute atomic E-state index is 13.0. The first-order valence-electron chi connectivity index (χ1n) is 8.15. The van der Waals surface area contributed by atoms with Gasteiger partial charge in [0, 0.05) is 19.6 Å². The van der Waals surface area contributed by atoms with Crippen molar-refractivity contribution in [1.29, 1.82) is 0 Å². The Morgan fingerprint density at radius 1 is 1.21 bits per heavy atom. The van der Waals surface area contributed by atoms with E-state index in [0.717, 1.165) is 18.7 Å². The molecule has 1 aromatic carbocycles. The van der Waals surface area contributed by atoms with Crippen molar-refractivity contribution in [1.82, 2.24) is 20.0 Å². The Hall–Kier alpha value is -1.99. The van der Waals surface area contributed by atoms with Crippen LogP contribution in [0.4, 0.5) is 9.18 Å². The molecule has 0 saturated carbocycles. The Bertz CT molecular complexity index is 626. The molecule has 24 heavy (non-hydrogen) atoms. The minimum atomic E-state index is -0.736. The second-order valence-electron chi connectivity index (χ2n) is 6.83. The Labute approximate surface area is 141 Å². The standard InChI is InChI=1S/C17H23FN4O2/c1-20-9-7-17(8-10-20)15(23)22(16(24)19-17)12-21(2)11-13-3-5-14(18)6-4-13/h3-6H,7-12H2,1-2H3,(H,19,24). The van der Waals surface area contributed by atoms with E-state index in [2.05, 4.69) is 10.2 Å². The molecule has 1 spiro atoms. The second kappa shape index (κ2) is 6.49. The van der Waals surface area contributed by atoms with Crippen LogP contribution in [0.15, 0.2) is 24.3 Å². The summed E-state index contributed by atoms with van der Waals surface area (Å²) in [6.07, 6.45) is 1.29. The molecule has 1 aromatic rings. The number of amides is 3. The van der Waals surface area contributed by atoms with E-state index in [1.165, 1.54) is 17.0 Å². The number of urea groups is 1. The third-order valence-electron chi connectivity index (χ3n) is 4.84.